The number of benzene rings is 2. The average molecular weight is 417 g/mol. The number of carbonyl (C=O) groups is 2. The van der Waals surface area contributed by atoms with Gasteiger partial charge in [0.2, 0.25) is 0 Å². The lowest BCUT2D eigenvalue weighted by Gasteiger charge is -2.27. The number of Topliss-reactive ketones (excluding diaryl/α,β-unsaturated/α-hetero) is 1. The molecule has 1 amide bonds. The first-order chi connectivity index (χ1) is 14.7. The molecule has 160 valence electrons. The lowest BCUT2D eigenvalue weighted by molar-refractivity contribution is 0.0898. The Hall–Kier alpha value is -3.34. The van der Waals surface area contributed by atoms with Crippen molar-refractivity contribution < 1.29 is 14.0 Å². The summed E-state index contributed by atoms with van der Waals surface area (Å²) in [7, 11) is 0. The summed E-state index contributed by atoms with van der Waals surface area (Å²) < 4.78 is 5.86. The monoisotopic (exact) mass is 416 g/mol. The highest BCUT2D eigenvalue weighted by Crippen LogP contribution is 2.38. The summed E-state index contributed by atoms with van der Waals surface area (Å²) in [5, 5.41) is 6.34. The van der Waals surface area contributed by atoms with Crippen LogP contribution in [0.1, 0.15) is 71.0 Å². The van der Waals surface area contributed by atoms with Gasteiger partial charge in [0, 0.05) is 35.8 Å². The van der Waals surface area contributed by atoms with Crippen LogP contribution in [0.4, 0.5) is 11.4 Å². The normalized spacial score (nSPS) is 15.8. The molecule has 4 rings (SSSR count). The summed E-state index contributed by atoms with van der Waals surface area (Å²) >= 11 is 0. The molecule has 1 heterocycles. The fourth-order valence-corrected chi connectivity index (χ4v) is 4.21. The molecule has 0 saturated heterocycles. The quantitative estimate of drug-likeness (QED) is 0.522. The topological polar surface area (TPSA) is 71.3 Å². The zero-order valence-electron chi connectivity index (χ0n) is 18.4. The van der Waals surface area contributed by atoms with Crippen molar-refractivity contribution in [1.29, 1.82) is 0 Å². The predicted octanol–water partition coefficient (Wildman–Crippen LogP) is 6.17. The number of fused-ring (bicyclic) bond motifs is 1. The van der Waals surface area contributed by atoms with E-state index in [9.17, 15) is 9.59 Å². The maximum atomic E-state index is 12.8. The molecule has 1 aliphatic rings. The third kappa shape index (κ3) is 4.41. The highest BCUT2D eigenvalue weighted by Gasteiger charge is 2.37. The van der Waals surface area contributed by atoms with Gasteiger partial charge in [-0.05, 0) is 49.1 Å². The van der Waals surface area contributed by atoms with Gasteiger partial charge in [0.1, 0.15) is 5.76 Å². The van der Waals surface area contributed by atoms with E-state index in [2.05, 4.69) is 29.7 Å². The zero-order chi connectivity index (χ0) is 22.2. The van der Waals surface area contributed by atoms with Crippen LogP contribution in [0.3, 0.4) is 0 Å². The molecule has 0 spiro atoms. The number of hydrogen-bond acceptors (Lipinski definition) is 4. The van der Waals surface area contributed by atoms with E-state index < -0.39 is 0 Å². The van der Waals surface area contributed by atoms with E-state index in [4.69, 9.17) is 4.42 Å². The van der Waals surface area contributed by atoms with Crippen molar-refractivity contribution in [2.24, 2.45) is 5.41 Å². The van der Waals surface area contributed by atoms with Crippen LogP contribution in [0.5, 0.6) is 0 Å². The maximum Gasteiger partial charge on any atom is 0.291 e. The summed E-state index contributed by atoms with van der Waals surface area (Å²) in [5.74, 6) is 0.555. The maximum absolute atomic E-state index is 12.8. The first kappa shape index (κ1) is 20.9. The third-order valence-corrected chi connectivity index (χ3v) is 5.81. The second kappa shape index (κ2) is 8.06. The number of rotatable bonds is 5. The molecule has 0 bridgehead atoms. The molecule has 0 aliphatic heterocycles. The molecule has 2 N–H and O–H groups in total. The van der Waals surface area contributed by atoms with Gasteiger partial charge in [-0.25, -0.2) is 0 Å². The standard InChI is InChI=1S/C26H28N2O3/c1-16-23-21(29)14-26(3,4)15-22(23)31-24(16)25(30)28-20-12-10-19(11-13-20)27-17(2)18-8-6-5-7-9-18/h5-13,17,27H,14-15H2,1-4H3,(H,28,30). The van der Waals surface area contributed by atoms with Gasteiger partial charge in [0.25, 0.3) is 5.91 Å². The second-order valence-corrected chi connectivity index (χ2v) is 9.10. The molecular formula is C26H28N2O3. The van der Waals surface area contributed by atoms with Crippen molar-refractivity contribution in [3.63, 3.8) is 0 Å². The molecule has 1 aromatic heterocycles. The van der Waals surface area contributed by atoms with Gasteiger partial charge in [-0.3, -0.25) is 9.59 Å². The van der Waals surface area contributed by atoms with Gasteiger partial charge >= 0.3 is 0 Å². The minimum absolute atomic E-state index is 0.0505. The number of anilines is 2. The molecule has 0 saturated carbocycles. The van der Waals surface area contributed by atoms with Gasteiger partial charge in [-0.1, -0.05) is 44.2 Å². The minimum atomic E-state index is -0.337. The molecule has 3 aromatic rings. The Morgan fingerprint density at radius 3 is 2.32 bits per heavy atom. The summed E-state index contributed by atoms with van der Waals surface area (Å²) in [4.78, 5) is 25.4. The SMILES string of the molecule is Cc1c(C(=O)Nc2ccc(NC(C)c3ccccc3)cc2)oc2c1C(=O)CC(C)(C)C2. The van der Waals surface area contributed by atoms with Crippen molar-refractivity contribution in [2.45, 2.75) is 46.6 Å². The molecule has 31 heavy (non-hydrogen) atoms. The number of ketones is 1. The van der Waals surface area contributed by atoms with Gasteiger partial charge in [0.05, 0.1) is 5.56 Å². The third-order valence-electron chi connectivity index (χ3n) is 5.81. The lowest BCUT2D eigenvalue weighted by atomic mass is 9.76. The van der Waals surface area contributed by atoms with Gasteiger partial charge in [0.15, 0.2) is 11.5 Å². The van der Waals surface area contributed by atoms with Crippen LogP contribution in [-0.2, 0) is 6.42 Å². The number of nitrogens with one attached hydrogen (secondary N) is 2. The Kier molecular flexibility index (Phi) is 5.44. The Labute approximate surface area is 182 Å². The highest BCUT2D eigenvalue weighted by molar-refractivity contribution is 6.07. The van der Waals surface area contributed by atoms with Crippen LogP contribution < -0.4 is 10.6 Å². The van der Waals surface area contributed by atoms with Gasteiger partial charge in [-0.15, -0.1) is 0 Å². The van der Waals surface area contributed by atoms with Crippen molar-refractivity contribution in [1.82, 2.24) is 0 Å². The van der Waals surface area contributed by atoms with E-state index in [1.54, 1.807) is 6.92 Å². The van der Waals surface area contributed by atoms with Crippen molar-refractivity contribution in [3.05, 3.63) is 82.8 Å². The van der Waals surface area contributed by atoms with Crippen LogP contribution in [0.25, 0.3) is 0 Å². The smallest absolute Gasteiger partial charge is 0.291 e. The Bertz CT molecular complexity index is 1110. The van der Waals surface area contributed by atoms with E-state index in [1.165, 1.54) is 5.56 Å². The molecule has 5 heteroatoms. The lowest BCUT2D eigenvalue weighted by Crippen LogP contribution is -2.26. The largest absolute Gasteiger partial charge is 0.455 e. The molecule has 2 aromatic carbocycles. The number of furan rings is 1. The molecule has 5 nitrogen and oxygen atoms in total. The molecule has 1 atom stereocenters. The average Bonchev–Trinajstić information content (AvgIpc) is 3.05. The Morgan fingerprint density at radius 2 is 1.65 bits per heavy atom. The van der Waals surface area contributed by atoms with Crippen LogP contribution in [-0.4, -0.2) is 11.7 Å². The molecule has 1 unspecified atom stereocenters. The summed E-state index contributed by atoms with van der Waals surface area (Å²) in [6, 6.07) is 18.0. The van der Waals surface area contributed by atoms with Crippen LogP contribution in [0.2, 0.25) is 0 Å². The highest BCUT2D eigenvalue weighted by atomic mass is 16.4. The molecule has 1 aliphatic carbocycles. The van der Waals surface area contributed by atoms with E-state index in [0.717, 1.165) is 5.69 Å². The first-order valence-corrected chi connectivity index (χ1v) is 10.6. The van der Waals surface area contributed by atoms with Gasteiger partial charge in [-0.2, -0.15) is 0 Å². The van der Waals surface area contributed by atoms with Crippen molar-refractivity contribution >= 4 is 23.1 Å². The van der Waals surface area contributed by atoms with Crippen LogP contribution >= 0.6 is 0 Å². The van der Waals surface area contributed by atoms with Crippen LogP contribution in [0.15, 0.2) is 59.0 Å². The fraction of sp³-hybridized carbons (Fsp3) is 0.308. The Balaban J connectivity index is 1.46. The Morgan fingerprint density at radius 1 is 1.00 bits per heavy atom. The summed E-state index contributed by atoms with van der Waals surface area (Å²) in [5.41, 5.74) is 3.90. The van der Waals surface area contributed by atoms with E-state index >= 15 is 0 Å². The number of hydrogen-bond donors (Lipinski definition) is 2. The number of carbonyl (C=O) groups excluding carboxylic acids is 2. The fourth-order valence-electron chi connectivity index (χ4n) is 4.21. The number of amides is 1. The molecule has 0 radical (unpaired) electrons. The molecule has 0 fully saturated rings. The summed E-state index contributed by atoms with van der Waals surface area (Å²) in [6.45, 7) is 7.97. The van der Waals surface area contributed by atoms with E-state index in [-0.39, 0.29) is 28.9 Å². The minimum Gasteiger partial charge on any atom is -0.455 e. The van der Waals surface area contributed by atoms with E-state index in [1.807, 2.05) is 56.3 Å². The predicted molar refractivity (Wildman–Crippen MR) is 123 cm³/mol. The summed E-state index contributed by atoms with van der Waals surface area (Å²) in [6.07, 6.45) is 1.12. The van der Waals surface area contributed by atoms with Crippen molar-refractivity contribution in [2.75, 3.05) is 10.6 Å². The first-order valence-electron chi connectivity index (χ1n) is 10.6. The second-order valence-electron chi connectivity index (χ2n) is 9.10. The zero-order valence-corrected chi connectivity index (χ0v) is 18.4. The van der Waals surface area contributed by atoms with E-state index in [0.29, 0.717) is 35.4 Å². The molecular weight excluding hydrogens is 388 g/mol. The van der Waals surface area contributed by atoms with Crippen molar-refractivity contribution in [3.8, 4) is 0 Å². The van der Waals surface area contributed by atoms with Gasteiger partial charge < -0.3 is 15.1 Å². The van der Waals surface area contributed by atoms with Crippen LogP contribution in [0, 0.1) is 12.3 Å².